The van der Waals surface area contributed by atoms with Crippen molar-refractivity contribution in [2.24, 2.45) is 0 Å². The highest BCUT2D eigenvalue weighted by atomic mass is 79.9. The molecule has 94 valence electrons. The zero-order chi connectivity index (χ0) is 13.1. The Bertz CT molecular complexity index is 572. The molecule has 0 aliphatic rings. The topological polar surface area (TPSA) is 47.0 Å². The minimum atomic E-state index is 0.604. The van der Waals surface area contributed by atoms with Crippen molar-refractivity contribution in [3.05, 3.63) is 34.4 Å². The summed E-state index contributed by atoms with van der Waals surface area (Å²) in [5, 5.41) is 2.96. The standard InChI is InChI=1S/C13H14BrN3O/c1-8-6-11(17-13(15-2)16-8)10-7-9(14)4-5-12(10)18-3/h4-7H,1-3H3,(H,15,16,17). The second-order valence-corrected chi connectivity index (χ2v) is 4.73. The van der Waals surface area contributed by atoms with Gasteiger partial charge in [0, 0.05) is 22.8 Å². The molecular weight excluding hydrogens is 294 g/mol. The predicted molar refractivity (Wildman–Crippen MR) is 76.0 cm³/mol. The van der Waals surface area contributed by atoms with Gasteiger partial charge in [-0.1, -0.05) is 15.9 Å². The molecule has 1 N–H and O–H groups in total. The number of methoxy groups -OCH3 is 1. The first-order valence-corrected chi connectivity index (χ1v) is 6.30. The summed E-state index contributed by atoms with van der Waals surface area (Å²) in [6.07, 6.45) is 0. The van der Waals surface area contributed by atoms with E-state index in [-0.39, 0.29) is 0 Å². The van der Waals surface area contributed by atoms with Gasteiger partial charge in [-0.05, 0) is 31.2 Å². The number of anilines is 1. The summed E-state index contributed by atoms with van der Waals surface area (Å²) in [7, 11) is 3.45. The number of hydrogen-bond acceptors (Lipinski definition) is 4. The molecule has 0 aliphatic heterocycles. The summed E-state index contributed by atoms with van der Waals surface area (Å²) >= 11 is 3.46. The Labute approximate surface area is 115 Å². The van der Waals surface area contributed by atoms with E-state index in [2.05, 4.69) is 31.2 Å². The van der Waals surface area contributed by atoms with Crippen LogP contribution in [0.2, 0.25) is 0 Å². The molecule has 1 heterocycles. The van der Waals surface area contributed by atoms with Gasteiger partial charge in [0.05, 0.1) is 12.8 Å². The molecule has 2 rings (SSSR count). The Balaban J connectivity index is 2.60. The molecule has 0 atom stereocenters. The molecule has 0 saturated heterocycles. The van der Waals surface area contributed by atoms with Crippen LogP contribution in [0.1, 0.15) is 5.69 Å². The lowest BCUT2D eigenvalue weighted by molar-refractivity contribution is 0.416. The molecule has 0 saturated carbocycles. The summed E-state index contributed by atoms with van der Waals surface area (Å²) in [6, 6.07) is 7.77. The molecule has 2 aromatic rings. The first kappa shape index (κ1) is 12.8. The quantitative estimate of drug-likeness (QED) is 0.945. The number of hydrogen-bond donors (Lipinski definition) is 1. The summed E-state index contributed by atoms with van der Waals surface area (Å²) in [5.41, 5.74) is 2.69. The first-order chi connectivity index (χ1) is 8.63. The fraction of sp³-hybridized carbons (Fsp3) is 0.231. The van der Waals surface area contributed by atoms with E-state index in [1.807, 2.05) is 31.2 Å². The minimum absolute atomic E-state index is 0.604. The first-order valence-electron chi connectivity index (χ1n) is 5.51. The highest BCUT2D eigenvalue weighted by Gasteiger charge is 2.10. The molecule has 0 amide bonds. The molecule has 1 aromatic carbocycles. The molecule has 0 aliphatic carbocycles. The van der Waals surface area contributed by atoms with Crippen molar-refractivity contribution in [1.82, 2.24) is 9.97 Å². The molecule has 1 aromatic heterocycles. The van der Waals surface area contributed by atoms with E-state index in [9.17, 15) is 0 Å². The summed E-state index contributed by atoms with van der Waals surface area (Å²) in [4.78, 5) is 8.73. The van der Waals surface area contributed by atoms with Gasteiger partial charge in [0.2, 0.25) is 5.95 Å². The zero-order valence-corrected chi connectivity index (χ0v) is 12.1. The maximum atomic E-state index is 5.37. The van der Waals surface area contributed by atoms with Crippen molar-refractivity contribution in [2.75, 3.05) is 19.5 Å². The van der Waals surface area contributed by atoms with E-state index in [1.165, 1.54) is 0 Å². The van der Waals surface area contributed by atoms with Gasteiger partial charge in [-0.3, -0.25) is 0 Å². The van der Waals surface area contributed by atoms with Gasteiger partial charge in [0.25, 0.3) is 0 Å². The average molecular weight is 308 g/mol. The van der Waals surface area contributed by atoms with Crippen molar-refractivity contribution in [1.29, 1.82) is 0 Å². The number of ether oxygens (including phenoxy) is 1. The van der Waals surface area contributed by atoms with Crippen LogP contribution >= 0.6 is 15.9 Å². The Morgan fingerprint density at radius 3 is 2.67 bits per heavy atom. The highest BCUT2D eigenvalue weighted by Crippen LogP contribution is 2.32. The number of aryl methyl sites for hydroxylation is 1. The van der Waals surface area contributed by atoms with E-state index >= 15 is 0 Å². The lowest BCUT2D eigenvalue weighted by atomic mass is 10.1. The number of benzene rings is 1. The third-order valence-electron chi connectivity index (χ3n) is 2.52. The summed E-state index contributed by atoms with van der Waals surface area (Å²) < 4.78 is 6.35. The zero-order valence-electron chi connectivity index (χ0n) is 10.5. The largest absolute Gasteiger partial charge is 0.496 e. The van der Waals surface area contributed by atoms with Crippen LogP contribution in [0.4, 0.5) is 5.95 Å². The second kappa shape index (κ2) is 5.35. The van der Waals surface area contributed by atoms with E-state index in [4.69, 9.17) is 4.74 Å². The van der Waals surface area contributed by atoms with Gasteiger partial charge < -0.3 is 10.1 Å². The van der Waals surface area contributed by atoms with Gasteiger partial charge in [0.15, 0.2) is 0 Å². The normalized spacial score (nSPS) is 10.2. The van der Waals surface area contributed by atoms with Crippen LogP contribution < -0.4 is 10.1 Å². The summed E-state index contributed by atoms with van der Waals surface area (Å²) in [6.45, 7) is 1.94. The van der Waals surface area contributed by atoms with Crippen LogP contribution in [0.5, 0.6) is 5.75 Å². The minimum Gasteiger partial charge on any atom is -0.496 e. The molecule has 0 bridgehead atoms. The molecule has 0 fully saturated rings. The predicted octanol–water partition coefficient (Wildman–Crippen LogP) is 3.26. The van der Waals surface area contributed by atoms with Crippen molar-refractivity contribution < 1.29 is 4.74 Å². The SMILES string of the molecule is CNc1nc(C)cc(-c2cc(Br)ccc2OC)n1. The summed E-state index contributed by atoms with van der Waals surface area (Å²) in [5.74, 6) is 1.39. The number of nitrogens with one attached hydrogen (secondary N) is 1. The molecule has 0 spiro atoms. The second-order valence-electron chi connectivity index (χ2n) is 3.81. The van der Waals surface area contributed by atoms with E-state index in [0.717, 1.165) is 27.2 Å². The number of rotatable bonds is 3. The molecule has 5 heteroatoms. The van der Waals surface area contributed by atoms with Crippen molar-refractivity contribution >= 4 is 21.9 Å². The lowest BCUT2D eigenvalue weighted by Gasteiger charge is -2.10. The highest BCUT2D eigenvalue weighted by molar-refractivity contribution is 9.10. The van der Waals surface area contributed by atoms with Crippen molar-refractivity contribution in [3.8, 4) is 17.0 Å². The van der Waals surface area contributed by atoms with E-state index in [1.54, 1.807) is 14.2 Å². The Morgan fingerprint density at radius 2 is 2.00 bits per heavy atom. The maximum Gasteiger partial charge on any atom is 0.223 e. The van der Waals surface area contributed by atoms with Crippen LogP contribution in [0.25, 0.3) is 11.3 Å². The van der Waals surface area contributed by atoms with Gasteiger partial charge in [-0.25, -0.2) is 9.97 Å². The third-order valence-corrected chi connectivity index (χ3v) is 3.01. The van der Waals surface area contributed by atoms with E-state index < -0.39 is 0 Å². The van der Waals surface area contributed by atoms with E-state index in [0.29, 0.717) is 5.95 Å². The number of halogens is 1. The average Bonchev–Trinajstić information content (AvgIpc) is 2.38. The fourth-order valence-electron chi connectivity index (χ4n) is 1.70. The van der Waals surface area contributed by atoms with Crippen LogP contribution in [0.3, 0.4) is 0 Å². The fourth-order valence-corrected chi connectivity index (χ4v) is 2.06. The van der Waals surface area contributed by atoms with Crippen LogP contribution in [0.15, 0.2) is 28.7 Å². The third kappa shape index (κ3) is 2.61. The molecular formula is C13H14BrN3O. The number of aromatic nitrogens is 2. The van der Waals surface area contributed by atoms with Crippen LogP contribution in [-0.4, -0.2) is 24.1 Å². The van der Waals surface area contributed by atoms with Gasteiger partial charge >= 0.3 is 0 Å². The molecule has 0 radical (unpaired) electrons. The van der Waals surface area contributed by atoms with Crippen LogP contribution in [0, 0.1) is 6.92 Å². The Kier molecular flexibility index (Phi) is 3.81. The van der Waals surface area contributed by atoms with Crippen LogP contribution in [-0.2, 0) is 0 Å². The molecule has 0 unspecified atom stereocenters. The lowest BCUT2D eigenvalue weighted by Crippen LogP contribution is -2.00. The number of nitrogens with zero attached hydrogens (tertiary/aromatic N) is 2. The van der Waals surface area contributed by atoms with Gasteiger partial charge in [-0.2, -0.15) is 0 Å². The Hall–Kier alpha value is -1.62. The van der Waals surface area contributed by atoms with Gasteiger partial charge in [0.1, 0.15) is 5.75 Å². The van der Waals surface area contributed by atoms with Crippen molar-refractivity contribution in [2.45, 2.75) is 6.92 Å². The monoisotopic (exact) mass is 307 g/mol. The van der Waals surface area contributed by atoms with Gasteiger partial charge in [-0.15, -0.1) is 0 Å². The smallest absolute Gasteiger partial charge is 0.223 e. The maximum absolute atomic E-state index is 5.37. The molecule has 18 heavy (non-hydrogen) atoms. The van der Waals surface area contributed by atoms with Crippen molar-refractivity contribution in [3.63, 3.8) is 0 Å². The Morgan fingerprint density at radius 1 is 1.22 bits per heavy atom. The molecule has 4 nitrogen and oxygen atoms in total.